The smallest absolute Gasteiger partial charge is 0.0449 e. The van der Waals surface area contributed by atoms with Gasteiger partial charge < -0.3 is 0 Å². The summed E-state index contributed by atoms with van der Waals surface area (Å²) in [6, 6.07) is 44.3. The number of aryl methyl sites for hydroxylation is 2. The van der Waals surface area contributed by atoms with Crippen LogP contribution in [0.1, 0.15) is 47.2 Å². The van der Waals surface area contributed by atoms with Gasteiger partial charge in [0.2, 0.25) is 0 Å². The summed E-state index contributed by atoms with van der Waals surface area (Å²) in [4.78, 5) is 5.22. The SMILES string of the molecule is CCc1ccc(C=Cc2ccc(-c3ccc(-c4ccc(-c5ccc(C=Cc6ccc(CC)cc6)cc5)s4)s3)cc2)cc1. The minimum atomic E-state index is 1.07. The average molecular weight is 579 g/mol. The largest absolute Gasteiger partial charge is 0.134 e. The number of benzene rings is 4. The first-order chi connectivity index (χ1) is 20.7. The van der Waals surface area contributed by atoms with Gasteiger partial charge in [-0.1, -0.05) is 135 Å². The highest BCUT2D eigenvalue weighted by molar-refractivity contribution is 7.25. The molecule has 0 bridgehead atoms. The molecule has 2 aromatic heterocycles. The molecule has 0 spiro atoms. The average Bonchev–Trinajstić information content (AvgIpc) is 3.75. The molecule has 0 aliphatic carbocycles. The van der Waals surface area contributed by atoms with Crippen LogP contribution in [0, 0.1) is 0 Å². The van der Waals surface area contributed by atoms with Crippen LogP contribution in [0.25, 0.3) is 54.9 Å². The van der Waals surface area contributed by atoms with E-state index in [4.69, 9.17) is 0 Å². The number of thiophene rings is 2. The molecule has 2 heterocycles. The molecule has 0 radical (unpaired) electrons. The highest BCUT2D eigenvalue weighted by Gasteiger charge is 2.09. The van der Waals surface area contributed by atoms with Gasteiger partial charge in [0.15, 0.2) is 0 Å². The van der Waals surface area contributed by atoms with Gasteiger partial charge in [0.25, 0.3) is 0 Å². The molecule has 0 saturated carbocycles. The monoisotopic (exact) mass is 578 g/mol. The van der Waals surface area contributed by atoms with Gasteiger partial charge in [-0.25, -0.2) is 0 Å². The van der Waals surface area contributed by atoms with Crippen molar-refractivity contribution in [3.63, 3.8) is 0 Å². The van der Waals surface area contributed by atoms with E-state index in [1.54, 1.807) is 0 Å². The van der Waals surface area contributed by atoms with Crippen molar-refractivity contribution in [3.8, 4) is 30.6 Å². The Balaban J connectivity index is 1.10. The van der Waals surface area contributed by atoms with Crippen molar-refractivity contribution < 1.29 is 0 Å². The summed E-state index contributed by atoms with van der Waals surface area (Å²) in [6.07, 6.45) is 10.9. The molecule has 0 unspecified atom stereocenters. The number of rotatable bonds is 9. The molecule has 0 atom stereocenters. The van der Waals surface area contributed by atoms with E-state index in [1.807, 2.05) is 22.7 Å². The van der Waals surface area contributed by atoms with Gasteiger partial charge in [-0.2, -0.15) is 0 Å². The van der Waals surface area contributed by atoms with Crippen LogP contribution >= 0.6 is 22.7 Å². The maximum absolute atomic E-state index is 2.25. The molecule has 0 aliphatic heterocycles. The van der Waals surface area contributed by atoms with Crippen molar-refractivity contribution in [1.82, 2.24) is 0 Å². The molecule has 0 amide bonds. The zero-order valence-electron chi connectivity index (χ0n) is 24.1. The molecule has 2 heteroatoms. The Bertz CT molecular complexity index is 1650. The Kier molecular flexibility index (Phi) is 8.75. The standard InChI is InChI=1S/C40H34S2/c1-3-29-5-9-31(10-6-29)13-15-33-17-21-35(22-18-33)37-25-27-39(41-37)40-28-26-38(42-40)36-23-19-34(20-24-36)16-14-32-11-7-30(4-2)8-12-32/h5-28H,3-4H2,1-2H3. The van der Waals surface area contributed by atoms with Crippen molar-refractivity contribution in [3.05, 3.63) is 155 Å². The molecule has 4 aromatic carbocycles. The third kappa shape index (κ3) is 6.79. The molecule has 6 rings (SSSR count). The summed E-state index contributed by atoms with van der Waals surface area (Å²) in [6.45, 7) is 4.38. The third-order valence-corrected chi connectivity index (χ3v) is 10.0. The minimum absolute atomic E-state index is 1.07. The van der Waals surface area contributed by atoms with Crippen LogP contribution in [0.2, 0.25) is 0 Å². The fourth-order valence-corrected chi connectivity index (χ4v) is 7.00. The van der Waals surface area contributed by atoms with Crippen LogP contribution in [0.15, 0.2) is 121 Å². The highest BCUT2D eigenvalue weighted by Crippen LogP contribution is 2.40. The molecule has 42 heavy (non-hydrogen) atoms. The number of hydrogen-bond donors (Lipinski definition) is 0. The van der Waals surface area contributed by atoms with Crippen LogP contribution in [-0.4, -0.2) is 0 Å². The fraction of sp³-hybridized carbons (Fsp3) is 0.100. The lowest BCUT2D eigenvalue weighted by Gasteiger charge is -2.00. The lowest BCUT2D eigenvalue weighted by atomic mass is 10.1. The van der Waals surface area contributed by atoms with Crippen molar-refractivity contribution in [2.24, 2.45) is 0 Å². The van der Waals surface area contributed by atoms with Crippen LogP contribution in [0.3, 0.4) is 0 Å². The van der Waals surface area contributed by atoms with Gasteiger partial charge in [0.05, 0.1) is 0 Å². The van der Waals surface area contributed by atoms with Crippen molar-refractivity contribution in [1.29, 1.82) is 0 Å². The predicted octanol–water partition coefficient (Wildman–Crippen LogP) is 12.3. The number of hydrogen-bond acceptors (Lipinski definition) is 2. The molecular formula is C40H34S2. The maximum atomic E-state index is 2.25. The van der Waals surface area contributed by atoms with Gasteiger partial charge in [-0.05, 0) is 81.6 Å². The van der Waals surface area contributed by atoms with Crippen LogP contribution in [0.4, 0.5) is 0 Å². The summed E-state index contributed by atoms with van der Waals surface area (Å²) in [7, 11) is 0. The summed E-state index contributed by atoms with van der Waals surface area (Å²) >= 11 is 3.72. The Hall–Kier alpha value is -4.24. The van der Waals surface area contributed by atoms with Crippen molar-refractivity contribution in [2.75, 3.05) is 0 Å². The predicted molar refractivity (Wildman–Crippen MR) is 188 cm³/mol. The first kappa shape index (κ1) is 27.9. The first-order valence-corrected chi connectivity index (χ1v) is 16.2. The molecule has 0 fully saturated rings. The second kappa shape index (κ2) is 13.2. The van der Waals surface area contributed by atoms with E-state index in [1.165, 1.54) is 64.0 Å². The third-order valence-electron chi connectivity index (χ3n) is 7.56. The van der Waals surface area contributed by atoms with Gasteiger partial charge >= 0.3 is 0 Å². The van der Waals surface area contributed by atoms with Crippen molar-refractivity contribution >= 4 is 47.0 Å². The summed E-state index contributed by atoms with van der Waals surface area (Å²) in [5, 5.41) is 0. The molecule has 0 N–H and O–H groups in total. The normalized spacial score (nSPS) is 11.6. The van der Waals surface area contributed by atoms with E-state index in [9.17, 15) is 0 Å². The van der Waals surface area contributed by atoms with E-state index in [0.717, 1.165) is 12.8 Å². The minimum Gasteiger partial charge on any atom is -0.134 e. The van der Waals surface area contributed by atoms with Crippen LogP contribution < -0.4 is 0 Å². The lowest BCUT2D eigenvalue weighted by molar-refractivity contribution is 1.14. The van der Waals surface area contributed by atoms with E-state index >= 15 is 0 Å². The second-order valence-corrected chi connectivity index (χ2v) is 12.6. The Morgan fingerprint density at radius 2 is 0.643 bits per heavy atom. The Labute approximate surface area is 258 Å². The zero-order chi connectivity index (χ0) is 28.7. The van der Waals surface area contributed by atoms with Gasteiger partial charge in [0.1, 0.15) is 0 Å². The van der Waals surface area contributed by atoms with Crippen LogP contribution in [0.5, 0.6) is 0 Å². The molecule has 206 valence electrons. The quantitative estimate of drug-likeness (QED) is 0.150. The Morgan fingerprint density at radius 3 is 0.952 bits per heavy atom. The summed E-state index contributed by atoms with van der Waals surface area (Å²) in [5.41, 5.74) is 10.2. The summed E-state index contributed by atoms with van der Waals surface area (Å²) < 4.78 is 0. The summed E-state index contributed by atoms with van der Waals surface area (Å²) in [5.74, 6) is 0. The molecule has 0 nitrogen and oxygen atoms in total. The fourth-order valence-electron chi connectivity index (χ4n) is 4.88. The van der Waals surface area contributed by atoms with E-state index in [-0.39, 0.29) is 0 Å². The molecule has 0 saturated heterocycles. The lowest BCUT2D eigenvalue weighted by Crippen LogP contribution is -1.79. The highest BCUT2D eigenvalue weighted by atomic mass is 32.1. The Morgan fingerprint density at radius 1 is 0.357 bits per heavy atom. The molecular weight excluding hydrogens is 545 g/mol. The zero-order valence-corrected chi connectivity index (χ0v) is 25.7. The maximum Gasteiger partial charge on any atom is 0.0449 e. The van der Waals surface area contributed by atoms with Crippen molar-refractivity contribution in [2.45, 2.75) is 26.7 Å². The topological polar surface area (TPSA) is 0 Å². The van der Waals surface area contributed by atoms with E-state index in [2.05, 4.69) is 159 Å². The van der Waals surface area contributed by atoms with E-state index < -0.39 is 0 Å². The molecule has 0 aliphatic rings. The van der Waals surface area contributed by atoms with Gasteiger partial charge in [0, 0.05) is 19.5 Å². The molecule has 6 aromatic rings. The van der Waals surface area contributed by atoms with Gasteiger partial charge in [-0.15, -0.1) is 22.7 Å². The van der Waals surface area contributed by atoms with E-state index in [0.29, 0.717) is 0 Å². The second-order valence-electron chi connectivity index (χ2n) is 10.4. The first-order valence-electron chi connectivity index (χ1n) is 14.6. The van der Waals surface area contributed by atoms with Crippen LogP contribution in [-0.2, 0) is 12.8 Å². The van der Waals surface area contributed by atoms with Gasteiger partial charge in [-0.3, -0.25) is 0 Å².